The summed E-state index contributed by atoms with van der Waals surface area (Å²) in [7, 11) is 0. The molecule has 5 nitrogen and oxygen atoms in total. The molecule has 1 atom stereocenters. The predicted octanol–water partition coefficient (Wildman–Crippen LogP) is 1.09. The van der Waals surface area contributed by atoms with E-state index in [1.54, 1.807) is 11.8 Å². The van der Waals surface area contributed by atoms with Gasteiger partial charge >= 0.3 is 0 Å². The number of hydrogen-bond acceptors (Lipinski definition) is 3. The minimum absolute atomic E-state index is 0.0406. The number of carbonyl (C=O) groups excluding carboxylic acids is 2. The fourth-order valence-electron chi connectivity index (χ4n) is 2.67. The van der Waals surface area contributed by atoms with Crippen molar-refractivity contribution in [3.05, 3.63) is 35.9 Å². The summed E-state index contributed by atoms with van der Waals surface area (Å²) in [5.41, 5.74) is 0.898. The summed E-state index contributed by atoms with van der Waals surface area (Å²) < 4.78 is 0. The van der Waals surface area contributed by atoms with Crippen LogP contribution in [0.3, 0.4) is 0 Å². The summed E-state index contributed by atoms with van der Waals surface area (Å²) >= 11 is 0. The van der Waals surface area contributed by atoms with Gasteiger partial charge in [0.1, 0.15) is 0 Å². The summed E-state index contributed by atoms with van der Waals surface area (Å²) in [4.78, 5) is 25.3. The molecule has 0 aromatic heterocycles. The van der Waals surface area contributed by atoms with E-state index in [1.165, 1.54) is 0 Å². The third-order valence-electron chi connectivity index (χ3n) is 4.01. The Kier molecular flexibility index (Phi) is 5.33. The highest BCUT2D eigenvalue weighted by molar-refractivity contribution is 5.80. The highest BCUT2D eigenvalue weighted by Gasteiger charge is 2.27. The molecule has 1 aromatic rings. The maximum absolute atomic E-state index is 12.3. The Morgan fingerprint density at radius 1 is 1.29 bits per heavy atom. The molecule has 0 radical (unpaired) electrons. The summed E-state index contributed by atoms with van der Waals surface area (Å²) in [5.74, 6) is -0.0640. The smallest absolute Gasteiger partial charge is 0.223 e. The van der Waals surface area contributed by atoms with Crippen molar-refractivity contribution in [3.63, 3.8) is 0 Å². The molecule has 114 valence electrons. The maximum atomic E-state index is 12.3. The summed E-state index contributed by atoms with van der Waals surface area (Å²) in [6, 6.07) is 9.07. The van der Waals surface area contributed by atoms with Gasteiger partial charge in [0.05, 0.1) is 12.6 Å². The number of aliphatic hydroxyl groups excluding tert-OH is 1. The Labute approximate surface area is 125 Å². The third kappa shape index (κ3) is 4.04. The van der Waals surface area contributed by atoms with Crippen LogP contribution >= 0.6 is 0 Å². The number of nitrogens with zero attached hydrogens (tertiary/aromatic N) is 1. The van der Waals surface area contributed by atoms with Gasteiger partial charge in [0.2, 0.25) is 11.8 Å². The summed E-state index contributed by atoms with van der Waals surface area (Å²) in [6.45, 7) is 2.69. The zero-order chi connectivity index (χ0) is 15.2. The number of benzene rings is 1. The van der Waals surface area contributed by atoms with Crippen LogP contribution in [-0.2, 0) is 9.59 Å². The van der Waals surface area contributed by atoms with E-state index in [0.717, 1.165) is 5.56 Å². The molecule has 1 aliphatic heterocycles. The van der Waals surface area contributed by atoms with E-state index in [1.807, 2.05) is 30.3 Å². The number of piperidine rings is 1. The molecule has 2 N–H and O–H groups in total. The van der Waals surface area contributed by atoms with Crippen LogP contribution in [-0.4, -0.2) is 41.5 Å². The standard InChI is InChI=1S/C16H22N2O3/c1-12(20)18-9-7-14(8-10-18)16(21)17-15(11-19)13-5-3-2-4-6-13/h2-6,14-15,19H,7-11H2,1H3,(H,17,21). The van der Waals surface area contributed by atoms with Crippen LogP contribution in [0.15, 0.2) is 30.3 Å². The van der Waals surface area contributed by atoms with Gasteiger partial charge in [0, 0.05) is 25.9 Å². The van der Waals surface area contributed by atoms with E-state index < -0.39 is 0 Å². The Hall–Kier alpha value is -1.88. The van der Waals surface area contributed by atoms with Crippen molar-refractivity contribution in [1.82, 2.24) is 10.2 Å². The van der Waals surface area contributed by atoms with Crippen LogP contribution in [0.2, 0.25) is 0 Å². The largest absolute Gasteiger partial charge is 0.394 e. The molecule has 1 aliphatic rings. The molecular formula is C16H22N2O3. The number of aliphatic hydroxyl groups is 1. The molecule has 1 fully saturated rings. The molecule has 0 bridgehead atoms. The normalized spacial score (nSPS) is 17.3. The highest BCUT2D eigenvalue weighted by Crippen LogP contribution is 2.19. The van der Waals surface area contributed by atoms with Crippen molar-refractivity contribution >= 4 is 11.8 Å². The van der Waals surface area contributed by atoms with Crippen LogP contribution in [0.4, 0.5) is 0 Å². The first kappa shape index (κ1) is 15.5. The fraction of sp³-hybridized carbons (Fsp3) is 0.500. The van der Waals surface area contributed by atoms with E-state index in [4.69, 9.17) is 0 Å². The molecule has 21 heavy (non-hydrogen) atoms. The SMILES string of the molecule is CC(=O)N1CCC(C(=O)NC(CO)c2ccccc2)CC1. The number of nitrogens with one attached hydrogen (secondary N) is 1. The molecule has 0 aliphatic carbocycles. The van der Waals surface area contributed by atoms with Crippen molar-refractivity contribution in [2.24, 2.45) is 5.92 Å². The number of amides is 2. The molecular weight excluding hydrogens is 268 g/mol. The van der Waals surface area contributed by atoms with Crippen LogP contribution < -0.4 is 5.32 Å². The van der Waals surface area contributed by atoms with E-state index in [-0.39, 0.29) is 30.4 Å². The quantitative estimate of drug-likeness (QED) is 0.872. The van der Waals surface area contributed by atoms with Crippen molar-refractivity contribution in [2.75, 3.05) is 19.7 Å². The second-order valence-corrected chi connectivity index (χ2v) is 5.43. The predicted molar refractivity (Wildman–Crippen MR) is 79.4 cm³/mol. The number of rotatable bonds is 4. The van der Waals surface area contributed by atoms with Gasteiger partial charge in [0.25, 0.3) is 0 Å². The van der Waals surface area contributed by atoms with Gasteiger partial charge in [-0.15, -0.1) is 0 Å². The van der Waals surface area contributed by atoms with Gasteiger partial charge in [-0.1, -0.05) is 30.3 Å². The van der Waals surface area contributed by atoms with Crippen molar-refractivity contribution in [2.45, 2.75) is 25.8 Å². The lowest BCUT2D eigenvalue weighted by Gasteiger charge is -2.31. The Morgan fingerprint density at radius 3 is 2.43 bits per heavy atom. The van der Waals surface area contributed by atoms with E-state index in [2.05, 4.69) is 5.32 Å². The number of likely N-dealkylation sites (tertiary alicyclic amines) is 1. The van der Waals surface area contributed by atoms with Gasteiger partial charge in [-0.25, -0.2) is 0 Å². The first-order valence-electron chi connectivity index (χ1n) is 7.33. The topological polar surface area (TPSA) is 69.6 Å². The van der Waals surface area contributed by atoms with E-state index in [9.17, 15) is 14.7 Å². The lowest BCUT2D eigenvalue weighted by molar-refractivity contribution is -0.134. The van der Waals surface area contributed by atoms with Crippen LogP contribution in [0.1, 0.15) is 31.4 Å². The van der Waals surface area contributed by atoms with Gasteiger partial charge < -0.3 is 15.3 Å². The average molecular weight is 290 g/mol. The van der Waals surface area contributed by atoms with Crippen LogP contribution in [0, 0.1) is 5.92 Å². The molecule has 5 heteroatoms. The van der Waals surface area contributed by atoms with Crippen molar-refractivity contribution in [3.8, 4) is 0 Å². The molecule has 2 amide bonds. The van der Waals surface area contributed by atoms with Gasteiger partial charge in [0.15, 0.2) is 0 Å². The molecule has 1 aromatic carbocycles. The second-order valence-electron chi connectivity index (χ2n) is 5.43. The van der Waals surface area contributed by atoms with Crippen molar-refractivity contribution < 1.29 is 14.7 Å². The minimum atomic E-state index is -0.371. The zero-order valence-electron chi connectivity index (χ0n) is 12.3. The first-order valence-corrected chi connectivity index (χ1v) is 7.33. The van der Waals surface area contributed by atoms with Gasteiger partial charge in [-0.2, -0.15) is 0 Å². The molecule has 1 saturated heterocycles. The average Bonchev–Trinajstić information content (AvgIpc) is 2.53. The zero-order valence-corrected chi connectivity index (χ0v) is 12.3. The van der Waals surface area contributed by atoms with Crippen molar-refractivity contribution in [1.29, 1.82) is 0 Å². The lowest BCUT2D eigenvalue weighted by Crippen LogP contribution is -2.43. The monoisotopic (exact) mass is 290 g/mol. The van der Waals surface area contributed by atoms with Crippen LogP contribution in [0.5, 0.6) is 0 Å². The Morgan fingerprint density at radius 2 is 1.90 bits per heavy atom. The summed E-state index contributed by atoms with van der Waals surface area (Å²) in [5, 5.41) is 12.4. The highest BCUT2D eigenvalue weighted by atomic mass is 16.3. The Balaban J connectivity index is 1.91. The molecule has 0 saturated carbocycles. The van der Waals surface area contributed by atoms with E-state index in [0.29, 0.717) is 25.9 Å². The third-order valence-corrected chi connectivity index (χ3v) is 4.01. The first-order chi connectivity index (χ1) is 10.1. The molecule has 1 unspecified atom stereocenters. The fourth-order valence-corrected chi connectivity index (χ4v) is 2.67. The minimum Gasteiger partial charge on any atom is -0.394 e. The maximum Gasteiger partial charge on any atom is 0.223 e. The molecule has 1 heterocycles. The second kappa shape index (κ2) is 7.22. The molecule has 0 spiro atoms. The van der Waals surface area contributed by atoms with E-state index >= 15 is 0 Å². The lowest BCUT2D eigenvalue weighted by atomic mass is 9.95. The number of hydrogen-bond donors (Lipinski definition) is 2. The van der Waals surface area contributed by atoms with Crippen LogP contribution in [0.25, 0.3) is 0 Å². The van der Waals surface area contributed by atoms with Gasteiger partial charge in [-0.05, 0) is 18.4 Å². The summed E-state index contributed by atoms with van der Waals surface area (Å²) in [6.07, 6.45) is 1.36. The Bertz CT molecular complexity index is 482. The van der Waals surface area contributed by atoms with Gasteiger partial charge in [-0.3, -0.25) is 9.59 Å². The number of carbonyl (C=O) groups is 2. The molecule has 2 rings (SSSR count).